The number of halogens is 1. The number of Topliss-reactive ketones (excluding diaryl/α,β-unsaturated/α-hetero) is 1. The van der Waals surface area contributed by atoms with Gasteiger partial charge in [-0.2, -0.15) is 0 Å². The third-order valence-electron chi connectivity index (χ3n) is 5.22. The van der Waals surface area contributed by atoms with E-state index >= 15 is 0 Å². The van der Waals surface area contributed by atoms with Gasteiger partial charge < -0.3 is 4.90 Å². The van der Waals surface area contributed by atoms with Crippen molar-refractivity contribution in [3.8, 4) is 0 Å². The fourth-order valence-corrected chi connectivity index (χ4v) is 4.12. The molecule has 1 saturated heterocycles. The highest BCUT2D eigenvalue weighted by atomic mass is 79.9. The predicted molar refractivity (Wildman–Crippen MR) is 89.5 cm³/mol. The third-order valence-corrected chi connectivity index (χ3v) is 5.90. The van der Waals surface area contributed by atoms with E-state index in [1.54, 1.807) is 5.57 Å². The molecule has 1 spiro atoms. The molecule has 2 aliphatic carbocycles. The maximum absolute atomic E-state index is 11.3. The van der Waals surface area contributed by atoms with E-state index in [1.807, 2.05) is 0 Å². The molecule has 1 heterocycles. The summed E-state index contributed by atoms with van der Waals surface area (Å²) in [5, 5.41) is 0. The van der Waals surface area contributed by atoms with E-state index in [0.29, 0.717) is 11.2 Å². The topological polar surface area (TPSA) is 20.3 Å². The van der Waals surface area contributed by atoms with Crippen LogP contribution in [0.15, 0.2) is 28.2 Å². The third kappa shape index (κ3) is 2.68. The second kappa shape index (κ2) is 4.98. The summed E-state index contributed by atoms with van der Waals surface area (Å²) in [6.45, 7) is 2.17. The van der Waals surface area contributed by atoms with Gasteiger partial charge in [-0.1, -0.05) is 33.6 Å². The summed E-state index contributed by atoms with van der Waals surface area (Å²) < 4.78 is 1.19. The highest BCUT2D eigenvalue weighted by molar-refractivity contribution is 9.10. The number of hydrogen-bond acceptors (Lipinski definition) is 2. The second-order valence-corrected chi connectivity index (χ2v) is 7.74. The minimum Gasteiger partial charge on any atom is -0.371 e. The van der Waals surface area contributed by atoms with Gasteiger partial charge in [-0.15, -0.1) is 0 Å². The summed E-state index contributed by atoms with van der Waals surface area (Å²) in [4.78, 5) is 13.7. The van der Waals surface area contributed by atoms with Crippen LogP contribution in [0.25, 0.3) is 6.08 Å². The van der Waals surface area contributed by atoms with Crippen molar-refractivity contribution < 1.29 is 4.79 Å². The minimum absolute atomic E-state index is 0.362. The van der Waals surface area contributed by atoms with Crippen LogP contribution in [-0.4, -0.2) is 18.9 Å². The lowest BCUT2D eigenvalue weighted by atomic mass is 9.62. The van der Waals surface area contributed by atoms with Gasteiger partial charge in [0.05, 0.1) is 0 Å². The SMILES string of the molecule is O=C1CC2(CCN(c3ccc(C=C4CC4)c(Br)c3)CC2)C1. The molecule has 0 radical (unpaired) electrons. The Kier molecular flexibility index (Phi) is 3.21. The molecule has 2 nitrogen and oxygen atoms in total. The van der Waals surface area contributed by atoms with E-state index in [4.69, 9.17) is 0 Å². The van der Waals surface area contributed by atoms with Gasteiger partial charge in [0.15, 0.2) is 0 Å². The lowest BCUT2D eigenvalue weighted by molar-refractivity contribution is -0.133. The number of benzene rings is 1. The van der Waals surface area contributed by atoms with E-state index in [9.17, 15) is 4.79 Å². The first-order valence-electron chi connectivity index (χ1n) is 7.89. The van der Waals surface area contributed by atoms with Crippen LogP contribution in [0.2, 0.25) is 0 Å². The number of hydrogen-bond donors (Lipinski definition) is 0. The van der Waals surface area contributed by atoms with Crippen LogP contribution in [-0.2, 0) is 4.79 Å². The van der Waals surface area contributed by atoms with Gasteiger partial charge in [0.25, 0.3) is 0 Å². The summed E-state index contributed by atoms with van der Waals surface area (Å²) in [5.41, 5.74) is 4.52. The predicted octanol–water partition coefficient (Wildman–Crippen LogP) is 4.58. The van der Waals surface area contributed by atoms with Crippen LogP contribution in [0.4, 0.5) is 5.69 Å². The number of rotatable bonds is 2. The van der Waals surface area contributed by atoms with E-state index in [-0.39, 0.29) is 0 Å². The molecule has 3 heteroatoms. The smallest absolute Gasteiger partial charge is 0.134 e. The second-order valence-electron chi connectivity index (χ2n) is 6.89. The number of allylic oxidation sites excluding steroid dienone is 1. The van der Waals surface area contributed by atoms with E-state index in [0.717, 1.165) is 25.9 Å². The van der Waals surface area contributed by atoms with Crippen LogP contribution < -0.4 is 4.90 Å². The zero-order chi connectivity index (χ0) is 14.4. The Morgan fingerprint density at radius 1 is 1.14 bits per heavy atom. The lowest BCUT2D eigenvalue weighted by Gasteiger charge is -2.47. The van der Waals surface area contributed by atoms with Crippen LogP contribution in [0.1, 0.15) is 44.1 Å². The van der Waals surface area contributed by atoms with E-state index < -0.39 is 0 Å². The molecule has 0 unspecified atom stereocenters. The molecule has 1 aliphatic heterocycles. The summed E-state index contributed by atoms with van der Waals surface area (Å²) in [6, 6.07) is 6.71. The van der Waals surface area contributed by atoms with Crippen molar-refractivity contribution in [2.45, 2.75) is 38.5 Å². The van der Waals surface area contributed by atoms with Gasteiger partial charge in [-0.05, 0) is 48.8 Å². The average molecular weight is 346 g/mol. The van der Waals surface area contributed by atoms with Crippen molar-refractivity contribution in [1.29, 1.82) is 0 Å². The first-order chi connectivity index (χ1) is 10.1. The Morgan fingerprint density at radius 2 is 1.86 bits per heavy atom. The largest absolute Gasteiger partial charge is 0.371 e. The number of ketones is 1. The van der Waals surface area contributed by atoms with Gasteiger partial charge in [0.2, 0.25) is 0 Å². The van der Waals surface area contributed by atoms with Crippen LogP contribution in [0.5, 0.6) is 0 Å². The van der Waals surface area contributed by atoms with Crippen LogP contribution >= 0.6 is 15.9 Å². The molecule has 2 saturated carbocycles. The van der Waals surface area contributed by atoms with Crippen molar-refractivity contribution in [2.75, 3.05) is 18.0 Å². The van der Waals surface area contributed by atoms with Crippen molar-refractivity contribution >= 4 is 33.5 Å². The standard InChI is InChI=1S/C18H20BrNO/c19-17-10-15(4-3-14(17)9-13-1-2-13)20-7-5-18(6-8-20)11-16(21)12-18/h3-4,9-10H,1-2,5-8,11-12H2. The average Bonchev–Trinajstić information content (AvgIpc) is 3.25. The number of piperidine rings is 1. The molecule has 0 N–H and O–H groups in total. The molecule has 1 aromatic carbocycles. The maximum Gasteiger partial charge on any atom is 0.134 e. The Bertz CT molecular complexity index is 610. The highest BCUT2D eigenvalue weighted by Gasteiger charge is 2.45. The Labute approximate surface area is 134 Å². The molecular formula is C18H20BrNO. The zero-order valence-electron chi connectivity index (χ0n) is 12.2. The van der Waals surface area contributed by atoms with Gasteiger partial charge in [-0.3, -0.25) is 4.79 Å². The molecule has 3 aliphatic rings. The van der Waals surface area contributed by atoms with Crippen molar-refractivity contribution in [2.24, 2.45) is 5.41 Å². The minimum atomic E-state index is 0.362. The normalized spacial score (nSPS) is 23.2. The zero-order valence-corrected chi connectivity index (χ0v) is 13.8. The Hall–Kier alpha value is -1.09. The fraction of sp³-hybridized carbons (Fsp3) is 0.500. The summed E-state index contributed by atoms with van der Waals surface area (Å²) in [5.74, 6) is 0.462. The molecule has 1 aromatic rings. The molecule has 0 atom stereocenters. The van der Waals surface area contributed by atoms with E-state index in [1.165, 1.54) is 41.4 Å². The van der Waals surface area contributed by atoms with Gasteiger partial charge in [-0.25, -0.2) is 0 Å². The van der Waals surface area contributed by atoms with Gasteiger partial charge in [0.1, 0.15) is 5.78 Å². The molecule has 110 valence electrons. The van der Waals surface area contributed by atoms with Crippen molar-refractivity contribution in [3.05, 3.63) is 33.8 Å². The maximum atomic E-state index is 11.3. The van der Waals surface area contributed by atoms with Gasteiger partial charge in [0, 0.05) is 36.1 Å². The molecular weight excluding hydrogens is 326 g/mol. The molecule has 0 bridgehead atoms. The number of nitrogens with zero attached hydrogens (tertiary/aromatic N) is 1. The molecule has 21 heavy (non-hydrogen) atoms. The highest BCUT2D eigenvalue weighted by Crippen LogP contribution is 2.47. The van der Waals surface area contributed by atoms with Crippen molar-refractivity contribution in [3.63, 3.8) is 0 Å². The van der Waals surface area contributed by atoms with Crippen molar-refractivity contribution in [1.82, 2.24) is 0 Å². The number of carbonyl (C=O) groups is 1. The van der Waals surface area contributed by atoms with Crippen LogP contribution in [0.3, 0.4) is 0 Å². The van der Waals surface area contributed by atoms with E-state index in [2.05, 4.69) is 45.1 Å². The number of carbonyl (C=O) groups excluding carboxylic acids is 1. The quantitative estimate of drug-likeness (QED) is 0.782. The first kappa shape index (κ1) is 13.6. The molecule has 0 amide bonds. The van der Waals surface area contributed by atoms with Crippen LogP contribution in [0, 0.1) is 5.41 Å². The monoisotopic (exact) mass is 345 g/mol. The molecule has 4 rings (SSSR count). The Morgan fingerprint density at radius 3 is 2.43 bits per heavy atom. The molecule has 0 aromatic heterocycles. The lowest BCUT2D eigenvalue weighted by Crippen LogP contribution is -2.47. The fourth-order valence-electron chi connectivity index (χ4n) is 3.64. The summed E-state index contributed by atoms with van der Waals surface area (Å²) >= 11 is 3.71. The summed E-state index contributed by atoms with van der Waals surface area (Å²) in [6.07, 6.45) is 8.83. The first-order valence-corrected chi connectivity index (χ1v) is 8.69. The van der Waals surface area contributed by atoms with Gasteiger partial charge >= 0.3 is 0 Å². The Balaban J connectivity index is 1.46. The molecule has 3 fully saturated rings. The summed E-state index contributed by atoms with van der Waals surface area (Å²) in [7, 11) is 0. The number of anilines is 1.